The number of aromatic hydroxyl groups is 1. The molecule has 0 aliphatic heterocycles. The normalized spacial score (nSPS) is 12.4. The fourth-order valence-electron chi connectivity index (χ4n) is 1.87. The molecule has 0 spiro atoms. The van der Waals surface area contributed by atoms with E-state index >= 15 is 0 Å². The van der Waals surface area contributed by atoms with Crippen molar-refractivity contribution < 1.29 is 13.9 Å². The SMILES string of the molecule is CC(NCc1cccc(Cl)c1O)c1ccc(F)c(F)c1. The Morgan fingerprint density at radius 1 is 1.20 bits per heavy atom. The third kappa shape index (κ3) is 3.26. The Morgan fingerprint density at radius 3 is 2.65 bits per heavy atom. The zero-order chi connectivity index (χ0) is 14.7. The van der Waals surface area contributed by atoms with Crippen molar-refractivity contribution in [1.82, 2.24) is 5.32 Å². The van der Waals surface area contributed by atoms with Crippen LogP contribution in [0.2, 0.25) is 5.02 Å². The summed E-state index contributed by atoms with van der Waals surface area (Å²) >= 11 is 5.82. The predicted octanol–water partition coefficient (Wildman–Crippen LogP) is 4.17. The highest BCUT2D eigenvalue weighted by atomic mass is 35.5. The highest BCUT2D eigenvalue weighted by molar-refractivity contribution is 6.32. The first-order chi connectivity index (χ1) is 9.49. The van der Waals surface area contributed by atoms with Crippen LogP contribution in [0.25, 0.3) is 0 Å². The molecule has 0 radical (unpaired) electrons. The van der Waals surface area contributed by atoms with E-state index in [0.29, 0.717) is 17.7 Å². The largest absolute Gasteiger partial charge is 0.506 e. The molecule has 0 aromatic heterocycles. The highest BCUT2D eigenvalue weighted by Gasteiger charge is 2.10. The van der Waals surface area contributed by atoms with Crippen molar-refractivity contribution in [3.63, 3.8) is 0 Å². The molecule has 0 bridgehead atoms. The molecule has 106 valence electrons. The second kappa shape index (κ2) is 6.20. The minimum atomic E-state index is -0.873. The van der Waals surface area contributed by atoms with E-state index in [1.165, 1.54) is 6.07 Å². The summed E-state index contributed by atoms with van der Waals surface area (Å²) < 4.78 is 26.0. The van der Waals surface area contributed by atoms with Gasteiger partial charge in [-0.1, -0.05) is 29.8 Å². The number of phenols is 1. The lowest BCUT2D eigenvalue weighted by molar-refractivity contribution is 0.460. The number of hydrogen-bond donors (Lipinski definition) is 2. The number of phenolic OH excluding ortho intramolecular Hbond substituents is 1. The van der Waals surface area contributed by atoms with Gasteiger partial charge in [-0.05, 0) is 30.7 Å². The van der Waals surface area contributed by atoms with Gasteiger partial charge in [0.2, 0.25) is 0 Å². The van der Waals surface area contributed by atoms with Crippen molar-refractivity contribution in [2.24, 2.45) is 0 Å². The minimum absolute atomic E-state index is 0.0270. The smallest absolute Gasteiger partial charge is 0.159 e. The number of hydrogen-bond acceptors (Lipinski definition) is 2. The Kier molecular flexibility index (Phi) is 4.57. The maximum Gasteiger partial charge on any atom is 0.159 e. The van der Waals surface area contributed by atoms with Gasteiger partial charge in [0.1, 0.15) is 5.75 Å². The summed E-state index contributed by atoms with van der Waals surface area (Å²) in [5.74, 6) is -1.71. The van der Waals surface area contributed by atoms with Crippen LogP contribution in [0, 0.1) is 11.6 Å². The maximum atomic E-state index is 13.2. The van der Waals surface area contributed by atoms with Gasteiger partial charge >= 0.3 is 0 Å². The van der Waals surface area contributed by atoms with Crippen LogP contribution in [0.3, 0.4) is 0 Å². The third-order valence-corrected chi connectivity index (χ3v) is 3.42. The number of halogens is 3. The predicted molar refractivity (Wildman–Crippen MR) is 74.7 cm³/mol. The lowest BCUT2D eigenvalue weighted by Crippen LogP contribution is -2.18. The van der Waals surface area contributed by atoms with Crippen LogP contribution in [-0.2, 0) is 6.54 Å². The zero-order valence-electron chi connectivity index (χ0n) is 10.8. The number of rotatable bonds is 4. The molecule has 0 aliphatic rings. The van der Waals surface area contributed by atoms with Crippen molar-refractivity contribution in [3.05, 3.63) is 64.2 Å². The van der Waals surface area contributed by atoms with E-state index in [-0.39, 0.29) is 16.8 Å². The van der Waals surface area contributed by atoms with Gasteiger partial charge in [0.05, 0.1) is 5.02 Å². The zero-order valence-corrected chi connectivity index (χ0v) is 11.6. The van der Waals surface area contributed by atoms with Gasteiger partial charge < -0.3 is 10.4 Å². The van der Waals surface area contributed by atoms with E-state index in [4.69, 9.17) is 11.6 Å². The van der Waals surface area contributed by atoms with E-state index in [1.807, 2.05) is 6.92 Å². The number of nitrogens with one attached hydrogen (secondary N) is 1. The van der Waals surface area contributed by atoms with Crippen molar-refractivity contribution in [1.29, 1.82) is 0 Å². The Morgan fingerprint density at radius 2 is 1.95 bits per heavy atom. The van der Waals surface area contributed by atoms with Crippen molar-refractivity contribution >= 4 is 11.6 Å². The van der Waals surface area contributed by atoms with E-state index in [1.54, 1.807) is 18.2 Å². The fraction of sp³-hybridized carbons (Fsp3) is 0.200. The summed E-state index contributed by atoms with van der Waals surface area (Å²) in [6.07, 6.45) is 0. The van der Waals surface area contributed by atoms with Gasteiger partial charge in [-0.25, -0.2) is 8.78 Å². The second-order valence-corrected chi connectivity index (χ2v) is 4.93. The lowest BCUT2D eigenvalue weighted by atomic mass is 10.1. The van der Waals surface area contributed by atoms with Crippen LogP contribution in [0.5, 0.6) is 5.75 Å². The molecular formula is C15H14ClF2NO. The van der Waals surface area contributed by atoms with Crippen LogP contribution < -0.4 is 5.32 Å². The van der Waals surface area contributed by atoms with Crippen LogP contribution in [0.15, 0.2) is 36.4 Å². The highest BCUT2D eigenvalue weighted by Crippen LogP contribution is 2.27. The summed E-state index contributed by atoms with van der Waals surface area (Å²) in [5, 5.41) is 13.2. The molecule has 0 heterocycles. The average Bonchev–Trinajstić information content (AvgIpc) is 2.43. The van der Waals surface area contributed by atoms with Gasteiger partial charge in [0.15, 0.2) is 11.6 Å². The van der Waals surface area contributed by atoms with E-state index in [9.17, 15) is 13.9 Å². The number of para-hydroxylation sites is 1. The molecule has 1 atom stereocenters. The molecule has 5 heteroatoms. The molecule has 2 N–H and O–H groups in total. The molecule has 0 saturated carbocycles. The van der Waals surface area contributed by atoms with Gasteiger partial charge in [-0.3, -0.25) is 0 Å². The van der Waals surface area contributed by atoms with Crippen LogP contribution in [0.4, 0.5) is 8.78 Å². The monoisotopic (exact) mass is 297 g/mol. The van der Waals surface area contributed by atoms with Crippen molar-refractivity contribution in [2.75, 3.05) is 0 Å². The second-order valence-electron chi connectivity index (χ2n) is 4.52. The quantitative estimate of drug-likeness (QED) is 0.887. The molecule has 2 aromatic carbocycles. The van der Waals surface area contributed by atoms with Gasteiger partial charge in [0.25, 0.3) is 0 Å². The molecule has 0 aliphatic carbocycles. The maximum absolute atomic E-state index is 13.2. The van der Waals surface area contributed by atoms with Crippen molar-refractivity contribution in [2.45, 2.75) is 19.5 Å². The molecular weight excluding hydrogens is 284 g/mol. The van der Waals surface area contributed by atoms with E-state index < -0.39 is 11.6 Å². The van der Waals surface area contributed by atoms with Gasteiger partial charge in [-0.15, -0.1) is 0 Å². The van der Waals surface area contributed by atoms with Crippen molar-refractivity contribution in [3.8, 4) is 5.75 Å². The summed E-state index contributed by atoms with van der Waals surface area (Å²) in [5.41, 5.74) is 1.28. The molecule has 2 aromatic rings. The Hall–Kier alpha value is -1.65. The average molecular weight is 298 g/mol. The first-order valence-corrected chi connectivity index (χ1v) is 6.51. The molecule has 1 unspecified atom stereocenters. The van der Waals surface area contributed by atoms with Gasteiger partial charge in [0, 0.05) is 18.2 Å². The standard InChI is InChI=1S/C15H14ClF2NO/c1-9(10-5-6-13(17)14(18)7-10)19-8-11-3-2-4-12(16)15(11)20/h2-7,9,19-20H,8H2,1H3. The first-order valence-electron chi connectivity index (χ1n) is 6.13. The Bertz CT molecular complexity index is 619. The van der Waals surface area contributed by atoms with E-state index in [0.717, 1.165) is 12.1 Å². The third-order valence-electron chi connectivity index (χ3n) is 3.11. The summed E-state index contributed by atoms with van der Waals surface area (Å²) in [4.78, 5) is 0. The summed E-state index contributed by atoms with van der Waals surface area (Å²) in [7, 11) is 0. The molecule has 20 heavy (non-hydrogen) atoms. The van der Waals surface area contributed by atoms with Crippen LogP contribution in [0.1, 0.15) is 24.1 Å². The minimum Gasteiger partial charge on any atom is -0.506 e. The Balaban J connectivity index is 2.06. The molecule has 0 fully saturated rings. The first kappa shape index (κ1) is 14.8. The molecule has 2 rings (SSSR count). The van der Waals surface area contributed by atoms with Gasteiger partial charge in [-0.2, -0.15) is 0 Å². The Labute approximate surface area is 121 Å². The van der Waals surface area contributed by atoms with E-state index in [2.05, 4.69) is 5.32 Å². The van der Waals surface area contributed by atoms with Crippen LogP contribution in [-0.4, -0.2) is 5.11 Å². The number of benzene rings is 2. The molecule has 0 saturated heterocycles. The molecule has 2 nitrogen and oxygen atoms in total. The fourth-order valence-corrected chi connectivity index (χ4v) is 2.06. The summed E-state index contributed by atoms with van der Waals surface area (Å²) in [6.45, 7) is 2.20. The molecule has 0 amide bonds. The topological polar surface area (TPSA) is 32.3 Å². The van der Waals surface area contributed by atoms with Crippen LogP contribution >= 0.6 is 11.6 Å². The lowest BCUT2D eigenvalue weighted by Gasteiger charge is -2.15. The summed E-state index contributed by atoms with van der Waals surface area (Å²) in [6, 6.07) is 8.66.